The zero-order valence-electron chi connectivity index (χ0n) is 12.8. The van der Waals surface area contributed by atoms with Crippen LogP contribution in [0.3, 0.4) is 0 Å². The lowest BCUT2D eigenvalue weighted by Crippen LogP contribution is -2.46. The van der Waals surface area contributed by atoms with Crippen molar-refractivity contribution in [2.45, 2.75) is 59.9 Å². The van der Waals surface area contributed by atoms with E-state index in [4.69, 9.17) is 0 Å². The van der Waals surface area contributed by atoms with Gasteiger partial charge in [0.2, 0.25) is 5.91 Å². The lowest BCUT2D eigenvalue weighted by atomic mass is 9.92. The van der Waals surface area contributed by atoms with E-state index >= 15 is 0 Å². The van der Waals surface area contributed by atoms with Gasteiger partial charge in [0.05, 0.1) is 0 Å². The lowest BCUT2D eigenvalue weighted by Gasteiger charge is -2.31. The van der Waals surface area contributed by atoms with Gasteiger partial charge in [-0.3, -0.25) is 9.69 Å². The summed E-state index contributed by atoms with van der Waals surface area (Å²) >= 11 is 0. The Morgan fingerprint density at radius 3 is 2.22 bits per heavy atom. The Bertz CT molecular complexity index is 262. The molecule has 1 amide bonds. The normalized spacial score (nSPS) is 19.2. The Labute approximate surface area is 112 Å². The number of rotatable bonds is 5. The first-order chi connectivity index (χ1) is 8.29. The Hall–Kier alpha value is -0.570. The zero-order valence-corrected chi connectivity index (χ0v) is 12.8. The first-order valence-electron chi connectivity index (χ1n) is 7.30. The molecule has 1 rings (SSSR count). The van der Waals surface area contributed by atoms with Gasteiger partial charge in [0.1, 0.15) is 0 Å². The summed E-state index contributed by atoms with van der Waals surface area (Å²) in [6.07, 6.45) is 3.22. The summed E-state index contributed by atoms with van der Waals surface area (Å²) in [7, 11) is 0. The Balaban J connectivity index is 2.40. The molecule has 0 saturated carbocycles. The highest BCUT2D eigenvalue weighted by molar-refractivity contribution is 5.76. The minimum absolute atomic E-state index is 0.0745. The molecule has 1 aliphatic rings. The molecule has 0 aromatic heterocycles. The molecule has 0 radical (unpaired) electrons. The molecule has 1 saturated heterocycles. The predicted octanol–water partition coefficient (Wildman–Crippen LogP) is 2.66. The van der Waals surface area contributed by atoms with Crippen LogP contribution in [-0.2, 0) is 4.79 Å². The van der Waals surface area contributed by atoms with Crippen molar-refractivity contribution in [2.24, 2.45) is 11.3 Å². The molecule has 1 aliphatic heterocycles. The fourth-order valence-electron chi connectivity index (χ4n) is 2.62. The first-order valence-corrected chi connectivity index (χ1v) is 7.30. The maximum Gasteiger partial charge on any atom is 0.220 e. The summed E-state index contributed by atoms with van der Waals surface area (Å²) in [6, 6.07) is 0.497. The van der Waals surface area contributed by atoms with Gasteiger partial charge in [-0.1, -0.05) is 34.6 Å². The average Bonchev–Trinajstić information content (AvgIpc) is 2.67. The van der Waals surface area contributed by atoms with Crippen LogP contribution in [-0.4, -0.2) is 36.5 Å². The summed E-state index contributed by atoms with van der Waals surface area (Å²) in [5.41, 5.74) is 0.0745. The summed E-state index contributed by atoms with van der Waals surface area (Å²) < 4.78 is 0. The van der Waals surface area contributed by atoms with Crippen LogP contribution in [0.4, 0.5) is 0 Å². The van der Waals surface area contributed by atoms with Gasteiger partial charge < -0.3 is 5.32 Å². The van der Waals surface area contributed by atoms with Gasteiger partial charge in [-0.05, 0) is 37.3 Å². The maximum absolute atomic E-state index is 11.9. The Kier molecular flexibility index (Phi) is 5.64. The molecule has 3 nitrogen and oxygen atoms in total. The van der Waals surface area contributed by atoms with Crippen molar-refractivity contribution in [1.29, 1.82) is 0 Å². The van der Waals surface area contributed by atoms with E-state index in [1.807, 2.05) is 0 Å². The van der Waals surface area contributed by atoms with E-state index in [0.29, 0.717) is 18.4 Å². The first kappa shape index (κ1) is 15.5. The molecule has 0 aliphatic carbocycles. The molecule has 0 aromatic carbocycles. The molecular formula is C15H30N2O. The summed E-state index contributed by atoms with van der Waals surface area (Å²) in [4.78, 5) is 14.4. The van der Waals surface area contributed by atoms with Gasteiger partial charge in [-0.25, -0.2) is 0 Å². The van der Waals surface area contributed by atoms with Crippen molar-refractivity contribution in [1.82, 2.24) is 10.2 Å². The Morgan fingerprint density at radius 2 is 1.78 bits per heavy atom. The van der Waals surface area contributed by atoms with E-state index < -0.39 is 0 Å². The van der Waals surface area contributed by atoms with Gasteiger partial charge in [-0.2, -0.15) is 0 Å². The average molecular weight is 254 g/mol. The minimum Gasteiger partial charge on any atom is -0.355 e. The monoisotopic (exact) mass is 254 g/mol. The highest BCUT2D eigenvalue weighted by Gasteiger charge is 2.25. The van der Waals surface area contributed by atoms with Gasteiger partial charge in [-0.15, -0.1) is 0 Å². The number of hydrogen-bond donors (Lipinski definition) is 1. The second-order valence-electron chi connectivity index (χ2n) is 7.10. The number of nitrogens with one attached hydrogen (secondary N) is 1. The van der Waals surface area contributed by atoms with E-state index in [2.05, 4.69) is 44.8 Å². The number of carbonyl (C=O) groups excluding carboxylic acids is 1. The standard InChI is InChI=1S/C15H30N2O/c1-12(2)13(17-8-6-7-9-17)11-16-14(18)10-15(3,4)5/h12-13H,6-11H2,1-5H3,(H,16,18). The fraction of sp³-hybridized carbons (Fsp3) is 0.933. The van der Waals surface area contributed by atoms with E-state index in [1.165, 1.54) is 25.9 Å². The van der Waals surface area contributed by atoms with Gasteiger partial charge in [0.25, 0.3) is 0 Å². The number of hydrogen-bond acceptors (Lipinski definition) is 2. The van der Waals surface area contributed by atoms with Crippen molar-refractivity contribution >= 4 is 5.91 Å². The molecule has 1 unspecified atom stereocenters. The van der Waals surface area contributed by atoms with E-state index in [0.717, 1.165) is 6.54 Å². The van der Waals surface area contributed by atoms with E-state index in [-0.39, 0.29) is 11.3 Å². The second-order valence-corrected chi connectivity index (χ2v) is 7.10. The van der Waals surface area contributed by atoms with Crippen LogP contribution in [0.1, 0.15) is 53.9 Å². The molecule has 1 atom stereocenters. The van der Waals surface area contributed by atoms with E-state index in [9.17, 15) is 4.79 Å². The number of likely N-dealkylation sites (tertiary alicyclic amines) is 1. The van der Waals surface area contributed by atoms with Crippen molar-refractivity contribution in [3.63, 3.8) is 0 Å². The van der Waals surface area contributed by atoms with Crippen molar-refractivity contribution in [3.8, 4) is 0 Å². The van der Waals surface area contributed by atoms with Gasteiger partial charge >= 0.3 is 0 Å². The third-order valence-electron chi connectivity index (χ3n) is 3.58. The van der Waals surface area contributed by atoms with Crippen molar-refractivity contribution in [3.05, 3.63) is 0 Å². The quantitative estimate of drug-likeness (QED) is 0.818. The van der Waals surface area contributed by atoms with Crippen LogP contribution < -0.4 is 5.32 Å². The molecule has 18 heavy (non-hydrogen) atoms. The van der Waals surface area contributed by atoms with Crippen molar-refractivity contribution in [2.75, 3.05) is 19.6 Å². The summed E-state index contributed by atoms with van der Waals surface area (Å²) in [5.74, 6) is 0.783. The molecule has 0 bridgehead atoms. The molecular weight excluding hydrogens is 224 g/mol. The molecule has 0 spiro atoms. The lowest BCUT2D eigenvalue weighted by molar-refractivity contribution is -0.123. The number of amides is 1. The van der Waals surface area contributed by atoms with Gasteiger partial charge in [0.15, 0.2) is 0 Å². The maximum atomic E-state index is 11.9. The van der Waals surface area contributed by atoms with Crippen LogP contribution in [0.25, 0.3) is 0 Å². The minimum atomic E-state index is 0.0745. The molecule has 1 fully saturated rings. The zero-order chi connectivity index (χ0) is 13.8. The highest BCUT2D eigenvalue weighted by atomic mass is 16.1. The topological polar surface area (TPSA) is 32.3 Å². The van der Waals surface area contributed by atoms with Gasteiger partial charge in [0, 0.05) is 19.0 Å². The van der Waals surface area contributed by atoms with Crippen LogP contribution in [0, 0.1) is 11.3 Å². The SMILES string of the molecule is CC(C)C(CNC(=O)CC(C)(C)C)N1CCCC1. The highest BCUT2D eigenvalue weighted by Crippen LogP contribution is 2.19. The third-order valence-corrected chi connectivity index (χ3v) is 3.58. The Morgan fingerprint density at radius 1 is 1.22 bits per heavy atom. The largest absolute Gasteiger partial charge is 0.355 e. The molecule has 1 N–H and O–H groups in total. The number of carbonyl (C=O) groups is 1. The van der Waals surface area contributed by atoms with E-state index in [1.54, 1.807) is 0 Å². The smallest absolute Gasteiger partial charge is 0.220 e. The molecule has 1 heterocycles. The van der Waals surface area contributed by atoms with Crippen molar-refractivity contribution < 1.29 is 4.79 Å². The molecule has 0 aromatic rings. The second kappa shape index (κ2) is 6.55. The fourth-order valence-corrected chi connectivity index (χ4v) is 2.62. The number of nitrogens with zero attached hydrogens (tertiary/aromatic N) is 1. The van der Waals surface area contributed by atoms with Crippen LogP contribution >= 0.6 is 0 Å². The molecule has 106 valence electrons. The van der Waals surface area contributed by atoms with Crippen LogP contribution in [0.2, 0.25) is 0 Å². The predicted molar refractivity (Wildman–Crippen MR) is 76.5 cm³/mol. The summed E-state index contributed by atoms with van der Waals surface area (Å²) in [5, 5.41) is 3.12. The molecule has 3 heteroatoms. The summed E-state index contributed by atoms with van der Waals surface area (Å²) in [6.45, 7) is 14.0. The van der Waals surface area contributed by atoms with Crippen LogP contribution in [0.5, 0.6) is 0 Å². The third kappa shape index (κ3) is 5.38. The van der Waals surface area contributed by atoms with Crippen LogP contribution in [0.15, 0.2) is 0 Å².